The first kappa shape index (κ1) is 14.3. The zero-order chi connectivity index (χ0) is 15.1. The van der Waals surface area contributed by atoms with Crippen LogP contribution in [0.3, 0.4) is 0 Å². The number of anilines is 1. The number of benzene rings is 2. The number of rotatable bonds is 2. The van der Waals surface area contributed by atoms with Crippen LogP contribution in [0.5, 0.6) is 0 Å². The Morgan fingerprint density at radius 3 is 2.48 bits per heavy atom. The van der Waals surface area contributed by atoms with Crippen LogP contribution in [0.2, 0.25) is 10.0 Å². The third-order valence-corrected chi connectivity index (χ3v) is 4.29. The minimum atomic E-state index is -0.767. The second-order valence-electron chi connectivity index (χ2n) is 4.80. The molecule has 1 fully saturated rings. The van der Waals surface area contributed by atoms with Crippen LogP contribution in [0.15, 0.2) is 42.5 Å². The van der Waals surface area contributed by atoms with Crippen LogP contribution in [0.25, 0.3) is 0 Å². The van der Waals surface area contributed by atoms with Crippen molar-refractivity contribution >= 4 is 34.8 Å². The number of β-lactam (4-membered cyclic amide) rings is 1. The monoisotopic (exact) mass is 324 g/mol. The van der Waals surface area contributed by atoms with Gasteiger partial charge >= 0.3 is 0 Å². The highest BCUT2D eigenvalue weighted by Gasteiger charge is 2.47. The third kappa shape index (κ3) is 2.29. The lowest BCUT2D eigenvalue weighted by molar-refractivity contribution is -0.126. The van der Waals surface area contributed by atoms with Gasteiger partial charge in [-0.25, -0.2) is 4.39 Å². The van der Waals surface area contributed by atoms with E-state index in [1.807, 2.05) is 0 Å². The number of amides is 1. The summed E-state index contributed by atoms with van der Waals surface area (Å²) in [5.41, 5.74) is 6.78. The SMILES string of the molecule is NC1C(=O)N(c2ccc(Cl)c(Cl)c2)C1c1ccccc1F. The van der Waals surface area contributed by atoms with E-state index in [9.17, 15) is 9.18 Å². The highest BCUT2D eigenvalue weighted by atomic mass is 35.5. The fraction of sp³-hybridized carbons (Fsp3) is 0.133. The van der Waals surface area contributed by atoms with Gasteiger partial charge in [0, 0.05) is 11.3 Å². The van der Waals surface area contributed by atoms with Crippen molar-refractivity contribution in [2.45, 2.75) is 12.1 Å². The van der Waals surface area contributed by atoms with Crippen LogP contribution in [0.4, 0.5) is 10.1 Å². The van der Waals surface area contributed by atoms with Gasteiger partial charge in [0.05, 0.1) is 16.1 Å². The number of nitrogens with zero attached hydrogens (tertiary/aromatic N) is 1. The molecule has 2 N–H and O–H groups in total. The molecule has 0 bridgehead atoms. The van der Waals surface area contributed by atoms with E-state index < -0.39 is 17.9 Å². The average molecular weight is 325 g/mol. The zero-order valence-corrected chi connectivity index (χ0v) is 12.3. The lowest BCUT2D eigenvalue weighted by Crippen LogP contribution is -2.63. The minimum absolute atomic E-state index is 0.276. The predicted molar refractivity (Wildman–Crippen MR) is 81.1 cm³/mol. The molecule has 1 amide bonds. The number of carbonyl (C=O) groups excluding carboxylic acids is 1. The van der Waals surface area contributed by atoms with Crippen molar-refractivity contribution in [2.75, 3.05) is 4.90 Å². The maximum Gasteiger partial charge on any atom is 0.247 e. The predicted octanol–water partition coefficient (Wildman–Crippen LogP) is 3.55. The Morgan fingerprint density at radius 2 is 1.81 bits per heavy atom. The molecule has 0 saturated carbocycles. The molecule has 2 unspecified atom stereocenters. The van der Waals surface area contributed by atoms with Gasteiger partial charge < -0.3 is 10.6 Å². The first-order valence-electron chi connectivity index (χ1n) is 6.29. The van der Waals surface area contributed by atoms with Crippen molar-refractivity contribution in [1.29, 1.82) is 0 Å². The van der Waals surface area contributed by atoms with Crippen LogP contribution < -0.4 is 10.6 Å². The fourth-order valence-corrected chi connectivity index (χ4v) is 2.77. The van der Waals surface area contributed by atoms with E-state index in [4.69, 9.17) is 28.9 Å². The van der Waals surface area contributed by atoms with E-state index in [1.165, 1.54) is 11.0 Å². The Kier molecular flexibility index (Phi) is 3.61. The highest BCUT2D eigenvalue weighted by Crippen LogP contribution is 2.40. The van der Waals surface area contributed by atoms with Gasteiger partial charge in [-0.15, -0.1) is 0 Å². The van der Waals surface area contributed by atoms with Crippen molar-refractivity contribution in [3.05, 3.63) is 63.9 Å². The first-order valence-corrected chi connectivity index (χ1v) is 7.04. The Labute approximate surface area is 131 Å². The molecule has 0 aliphatic carbocycles. The van der Waals surface area contributed by atoms with Gasteiger partial charge in [0.1, 0.15) is 11.9 Å². The van der Waals surface area contributed by atoms with Crippen LogP contribution in [0, 0.1) is 5.82 Å². The molecule has 0 spiro atoms. The molecule has 3 rings (SSSR count). The van der Waals surface area contributed by atoms with E-state index in [1.54, 1.807) is 36.4 Å². The molecule has 108 valence electrons. The zero-order valence-electron chi connectivity index (χ0n) is 10.8. The average Bonchev–Trinajstić information content (AvgIpc) is 2.48. The lowest BCUT2D eigenvalue weighted by atomic mass is 9.88. The Morgan fingerprint density at radius 1 is 1.10 bits per heavy atom. The maximum absolute atomic E-state index is 14.0. The largest absolute Gasteiger partial charge is 0.318 e. The van der Waals surface area contributed by atoms with Gasteiger partial charge in [0.15, 0.2) is 0 Å². The molecule has 1 aliphatic heterocycles. The molecule has 3 nitrogen and oxygen atoms in total. The smallest absolute Gasteiger partial charge is 0.247 e. The highest BCUT2D eigenvalue weighted by molar-refractivity contribution is 6.42. The number of hydrogen-bond acceptors (Lipinski definition) is 2. The molecule has 1 heterocycles. The second-order valence-corrected chi connectivity index (χ2v) is 5.61. The summed E-state index contributed by atoms with van der Waals surface area (Å²) in [6.07, 6.45) is 0. The molecule has 0 aromatic heterocycles. The lowest BCUT2D eigenvalue weighted by Gasteiger charge is -2.45. The van der Waals surface area contributed by atoms with Crippen molar-refractivity contribution in [3.8, 4) is 0 Å². The molecule has 1 saturated heterocycles. The van der Waals surface area contributed by atoms with Crippen molar-refractivity contribution in [3.63, 3.8) is 0 Å². The molecular formula is C15H11Cl2FN2O. The summed E-state index contributed by atoms with van der Waals surface area (Å²) in [6.45, 7) is 0. The summed E-state index contributed by atoms with van der Waals surface area (Å²) in [5, 5.41) is 0.717. The van der Waals surface area contributed by atoms with Crippen molar-refractivity contribution < 1.29 is 9.18 Å². The van der Waals surface area contributed by atoms with E-state index >= 15 is 0 Å². The van der Waals surface area contributed by atoms with Crippen LogP contribution in [-0.2, 0) is 4.79 Å². The van der Waals surface area contributed by atoms with Crippen molar-refractivity contribution in [2.24, 2.45) is 5.73 Å². The molecule has 6 heteroatoms. The summed E-state index contributed by atoms with van der Waals surface area (Å²) in [6, 6.07) is 9.78. The summed E-state index contributed by atoms with van der Waals surface area (Å²) in [7, 11) is 0. The Balaban J connectivity index is 2.02. The second kappa shape index (κ2) is 5.30. The van der Waals surface area contributed by atoms with Gasteiger partial charge in [0.25, 0.3) is 0 Å². The quantitative estimate of drug-likeness (QED) is 0.859. The molecule has 21 heavy (non-hydrogen) atoms. The van der Waals surface area contributed by atoms with Gasteiger partial charge in [-0.05, 0) is 24.3 Å². The Bertz CT molecular complexity index is 723. The number of carbonyl (C=O) groups is 1. The van der Waals surface area contributed by atoms with E-state index in [0.717, 1.165) is 0 Å². The van der Waals surface area contributed by atoms with Gasteiger partial charge in [-0.1, -0.05) is 41.4 Å². The van der Waals surface area contributed by atoms with E-state index in [2.05, 4.69) is 0 Å². The van der Waals surface area contributed by atoms with Gasteiger partial charge in [0.2, 0.25) is 5.91 Å². The van der Waals surface area contributed by atoms with Gasteiger partial charge in [-0.2, -0.15) is 0 Å². The first-order chi connectivity index (χ1) is 10.0. The summed E-state index contributed by atoms with van der Waals surface area (Å²) in [5.74, 6) is -0.669. The molecule has 2 atom stereocenters. The van der Waals surface area contributed by atoms with E-state index in [-0.39, 0.29) is 5.91 Å². The Hall–Kier alpha value is -1.62. The molecular weight excluding hydrogens is 314 g/mol. The van der Waals surface area contributed by atoms with Crippen LogP contribution in [-0.4, -0.2) is 11.9 Å². The van der Waals surface area contributed by atoms with Crippen LogP contribution in [0.1, 0.15) is 11.6 Å². The normalized spacial score (nSPS) is 21.3. The molecule has 0 radical (unpaired) electrons. The van der Waals surface area contributed by atoms with Gasteiger partial charge in [-0.3, -0.25) is 4.79 Å². The standard InChI is InChI=1S/C15H11Cl2FN2O/c16-10-6-5-8(7-11(10)17)20-14(13(19)15(20)21)9-3-1-2-4-12(9)18/h1-7,13-14H,19H2. The minimum Gasteiger partial charge on any atom is -0.318 e. The topological polar surface area (TPSA) is 46.3 Å². The molecule has 2 aromatic carbocycles. The molecule has 2 aromatic rings. The summed E-state index contributed by atoms with van der Waals surface area (Å²) in [4.78, 5) is 13.5. The fourth-order valence-electron chi connectivity index (χ4n) is 2.48. The van der Waals surface area contributed by atoms with Crippen molar-refractivity contribution in [1.82, 2.24) is 0 Å². The van der Waals surface area contributed by atoms with E-state index in [0.29, 0.717) is 21.3 Å². The maximum atomic E-state index is 14.0. The number of nitrogens with two attached hydrogens (primary N) is 1. The summed E-state index contributed by atoms with van der Waals surface area (Å²) >= 11 is 11.8. The summed E-state index contributed by atoms with van der Waals surface area (Å²) < 4.78 is 14.0. The molecule has 1 aliphatic rings. The third-order valence-electron chi connectivity index (χ3n) is 3.55. The number of halogens is 3. The van der Waals surface area contributed by atoms with Crippen LogP contribution >= 0.6 is 23.2 Å². The number of hydrogen-bond donors (Lipinski definition) is 1.